The Balaban J connectivity index is 1.51. The Labute approximate surface area is 164 Å². The monoisotopic (exact) mass is 384 g/mol. The molecule has 1 aliphatic rings. The van der Waals surface area contributed by atoms with Gasteiger partial charge in [0.15, 0.2) is 0 Å². The molecule has 1 atom stereocenters. The minimum atomic E-state index is 0.207. The molecule has 0 saturated carbocycles. The molecule has 134 valence electrons. The highest BCUT2D eigenvalue weighted by molar-refractivity contribution is 7.99. The smallest absolute Gasteiger partial charge is 0.232 e. The third-order valence-corrected chi connectivity index (χ3v) is 6.05. The van der Waals surface area contributed by atoms with Crippen LogP contribution >= 0.6 is 23.4 Å². The number of amides is 1. The van der Waals surface area contributed by atoms with Crippen LogP contribution in [-0.2, 0) is 17.0 Å². The molecule has 1 heterocycles. The van der Waals surface area contributed by atoms with E-state index in [2.05, 4.69) is 6.07 Å². The second-order valence-corrected chi connectivity index (χ2v) is 7.87. The van der Waals surface area contributed by atoms with Crippen molar-refractivity contribution in [2.45, 2.75) is 31.1 Å². The maximum Gasteiger partial charge on any atom is 0.232 e. The maximum absolute atomic E-state index is 12.7. The van der Waals surface area contributed by atoms with Crippen LogP contribution in [0.15, 0.2) is 48.5 Å². The Kier molecular flexibility index (Phi) is 6.60. The molecule has 1 aliphatic heterocycles. The zero-order chi connectivity index (χ0) is 18.4. The van der Waals surface area contributed by atoms with Gasteiger partial charge in [0.25, 0.3) is 0 Å². The summed E-state index contributed by atoms with van der Waals surface area (Å²) in [5.41, 5.74) is 2.91. The van der Waals surface area contributed by atoms with Gasteiger partial charge in [-0.3, -0.25) is 4.79 Å². The third kappa shape index (κ3) is 4.81. The lowest BCUT2D eigenvalue weighted by Gasteiger charge is -2.25. The van der Waals surface area contributed by atoms with Crippen molar-refractivity contribution in [3.63, 3.8) is 0 Å². The molecular weight excluding hydrogens is 364 g/mol. The van der Waals surface area contributed by atoms with E-state index in [1.807, 2.05) is 53.4 Å². The molecule has 0 N–H and O–H groups in total. The Morgan fingerprint density at radius 3 is 2.73 bits per heavy atom. The Morgan fingerprint density at radius 1 is 1.23 bits per heavy atom. The minimum absolute atomic E-state index is 0.207. The Hall–Kier alpha value is -1.96. The summed E-state index contributed by atoms with van der Waals surface area (Å²) in [6.07, 6.45) is 2.92. The number of hydrogen-bond donors (Lipinski definition) is 0. The van der Waals surface area contributed by atoms with Gasteiger partial charge < -0.3 is 4.90 Å². The molecular formula is C21H21ClN2OS. The van der Waals surface area contributed by atoms with Gasteiger partial charge in [0.05, 0.1) is 17.4 Å². The zero-order valence-corrected chi connectivity index (χ0v) is 16.1. The molecule has 2 aromatic rings. The van der Waals surface area contributed by atoms with Crippen LogP contribution in [0.25, 0.3) is 0 Å². The fourth-order valence-corrected chi connectivity index (χ4v) is 4.39. The molecule has 2 aromatic carbocycles. The SMILES string of the molecule is N#Cc1ccc(CSCC(=O)N2CCCC2Cc2ccccc2Cl)cc1. The van der Waals surface area contributed by atoms with Gasteiger partial charge in [-0.25, -0.2) is 0 Å². The molecule has 1 unspecified atom stereocenters. The van der Waals surface area contributed by atoms with Crippen molar-refractivity contribution in [3.05, 3.63) is 70.2 Å². The number of likely N-dealkylation sites (tertiary alicyclic amines) is 1. The van der Waals surface area contributed by atoms with Crippen molar-refractivity contribution in [3.8, 4) is 6.07 Å². The summed E-state index contributed by atoms with van der Waals surface area (Å²) >= 11 is 7.90. The van der Waals surface area contributed by atoms with Gasteiger partial charge >= 0.3 is 0 Å². The molecule has 1 fully saturated rings. The quantitative estimate of drug-likeness (QED) is 0.726. The van der Waals surface area contributed by atoms with Gasteiger partial charge in [0.1, 0.15) is 0 Å². The molecule has 5 heteroatoms. The molecule has 26 heavy (non-hydrogen) atoms. The molecule has 0 radical (unpaired) electrons. The van der Waals surface area contributed by atoms with Gasteiger partial charge in [-0.15, -0.1) is 11.8 Å². The number of carbonyl (C=O) groups excluding carboxylic acids is 1. The topological polar surface area (TPSA) is 44.1 Å². The minimum Gasteiger partial charge on any atom is -0.339 e. The number of benzene rings is 2. The van der Waals surface area contributed by atoms with E-state index in [-0.39, 0.29) is 11.9 Å². The van der Waals surface area contributed by atoms with Crippen molar-refractivity contribution in [2.75, 3.05) is 12.3 Å². The van der Waals surface area contributed by atoms with Crippen molar-refractivity contribution < 1.29 is 4.79 Å². The summed E-state index contributed by atoms with van der Waals surface area (Å²) in [5, 5.41) is 9.61. The van der Waals surface area contributed by atoms with Crippen LogP contribution in [-0.4, -0.2) is 29.1 Å². The van der Waals surface area contributed by atoms with Gasteiger partial charge in [0, 0.05) is 23.4 Å². The molecule has 1 saturated heterocycles. The van der Waals surface area contributed by atoms with E-state index in [1.165, 1.54) is 0 Å². The van der Waals surface area contributed by atoms with Crippen molar-refractivity contribution in [1.29, 1.82) is 5.26 Å². The molecule has 0 aromatic heterocycles. The normalized spacial score (nSPS) is 16.5. The highest BCUT2D eigenvalue weighted by atomic mass is 35.5. The van der Waals surface area contributed by atoms with Crippen molar-refractivity contribution >= 4 is 29.3 Å². The molecule has 0 aliphatic carbocycles. The fourth-order valence-electron chi connectivity index (χ4n) is 3.31. The fraction of sp³-hybridized carbons (Fsp3) is 0.333. The lowest BCUT2D eigenvalue weighted by Crippen LogP contribution is -2.38. The highest BCUT2D eigenvalue weighted by Crippen LogP contribution is 2.26. The van der Waals surface area contributed by atoms with Gasteiger partial charge in [0.2, 0.25) is 5.91 Å². The number of nitrogens with zero attached hydrogens (tertiary/aromatic N) is 2. The van der Waals surface area contributed by atoms with E-state index in [4.69, 9.17) is 16.9 Å². The van der Waals surface area contributed by atoms with Crippen LogP contribution in [0.1, 0.15) is 29.5 Å². The zero-order valence-electron chi connectivity index (χ0n) is 14.5. The van der Waals surface area contributed by atoms with Crippen LogP contribution in [0.4, 0.5) is 0 Å². The number of halogens is 1. The van der Waals surface area contributed by atoms with Crippen molar-refractivity contribution in [2.24, 2.45) is 0 Å². The average Bonchev–Trinajstić information content (AvgIpc) is 3.12. The van der Waals surface area contributed by atoms with Crippen LogP contribution in [0, 0.1) is 11.3 Å². The first-order valence-electron chi connectivity index (χ1n) is 8.77. The number of thioether (sulfide) groups is 1. The second-order valence-electron chi connectivity index (χ2n) is 6.48. The van der Waals surface area contributed by atoms with Gasteiger partial charge in [-0.1, -0.05) is 41.9 Å². The van der Waals surface area contributed by atoms with Crippen LogP contribution in [0.2, 0.25) is 5.02 Å². The molecule has 1 amide bonds. The predicted octanol–water partition coefficient (Wildman–Crippen LogP) is 4.68. The summed E-state index contributed by atoms with van der Waals surface area (Å²) in [6, 6.07) is 17.8. The van der Waals surface area contributed by atoms with E-state index in [9.17, 15) is 4.79 Å². The van der Waals surface area contributed by atoms with Crippen molar-refractivity contribution in [1.82, 2.24) is 4.90 Å². The Morgan fingerprint density at radius 2 is 2.00 bits per heavy atom. The van der Waals surface area contributed by atoms with E-state index >= 15 is 0 Å². The van der Waals surface area contributed by atoms with Gasteiger partial charge in [-0.2, -0.15) is 5.26 Å². The number of rotatable bonds is 6. The lowest BCUT2D eigenvalue weighted by atomic mass is 10.0. The highest BCUT2D eigenvalue weighted by Gasteiger charge is 2.28. The van der Waals surface area contributed by atoms with Gasteiger partial charge in [-0.05, 0) is 48.6 Å². The maximum atomic E-state index is 12.7. The first kappa shape index (κ1) is 18.8. The summed E-state index contributed by atoms with van der Waals surface area (Å²) in [5.74, 6) is 1.47. The average molecular weight is 385 g/mol. The predicted molar refractivity (Wildman–Crippen MR) is 107 cm³/mol. The number of nitriles is 1. The van der Waals surface area contributed by atoms with E-state index in [0.717, 1.165) is 47.7 Å². The lowest BCUT2D eigenvalue weighted by molar-refractivity contribution is -0.129. The van der Waals surface area contributed by atoms with Crippen LogP contribution < -0.4 is 0 Å². The molecule has 3 nitrogen and oxygen atoms in total. The van der Waals surface area contributed by atoms with E-state index in [1.54, 1.807) is 11.8 Å². The summed E-state index contributed by atoms with van der Waals surface area (Å²) in [7, 11) is 0. The number of hydrogen-bond acceptors (Lipinski definition) is 3. The van der Waals surface area contributed by atoms with Crippen LogP contribution in [0.3, 0.4) is 0 Å². The molecule has 3 rings (SSSR count). The second kappa shape index (κ2) is 9.12. The molecule has 0 bridgehead atoms. The largest absolute Gasteiger partial charge is 0.339 e. The Bertz CT molecular complexity index is 800. The molecule has 0 spiro atoms. The summed E-state index contributed by atoms with van der Waals surface area (Å²) in [6.45, 7) is 0.839. The van der Waals surface area contributed by atoms with Crippen LogP contribution in [0.5, 0.6) is 0 Å². The third-order valence-electron chi connectivity index (χ3n) is 4.69. The van der Waals surface area contributed by atoms with E-state index < -0.39 is 0 Å². The standard InChI is InChI=1S/C21H21ClN2OS/c22-20-6-2-1-4-18(20)12-19-5-3-11-24(19)21(25)15-26-14-17-9-7-16(13-23)8-10-17/h1-2,4,6-10,19H,3,5,11-12,14-15H2. The summed E-state index contributed by atoms with van der Waals surface area (Å²) < 4.78 is 0. The van der Waals surface area contributed by atoms with E-state index in [0.29, 0.717) is 11.3 Å². The first-order valence-corrected chi connectivity index (χ1v) is 10.3. The first-order chi connectivity index (χ1) is 12.7. The number of carbonyl (C=O) groups is 1. The summed E-state index contributed by atoms with van der Waals surface area (Å²) in [4.78, 5) is 14.7.